The molecule has 8 nitrogen and oxygen atoms in total. The maximum absolute atomic E-state index is 12.9. The molecule has 2 saturated heterocycles. The fraction of sp³-hybridized carbons (Fsp3) is 0.524. The lowest BCUT2D eigenvalue weighted by molar-refractivity contribution is -0.141. The topological polar surface area (TPSA) is 74.7 Å². The first-order chi connectivity index (χ1) is 15.2. The Morgan fingerprint density at radius 1 is 1.19 bits per heavy atom. The summed E-state index contributed by atoms with van der Waals surface area (Å²) in [6.45, 7) is 6.71. The van der Waals surface area contributed by atoms with Crippen LogP contribution in [0.3, 0.4) is 0 Å². The standard InChI is InChI=1S/C21H23F3N6O2/c1-12-18-16(26-13(2)27-19(18)28-6-3-7-28)11-30(12)20(31)32-15-9-29(10-15)14-4-5-25-17(8-14)21(22,23)24/h4-5,8,12,15H,3,6-7,9-11H2,1-2H3. The molecule has 0 bridgehead atoms. The molecule has 1 unspecified atom stereocenters. The molecule has 5 heterocycles. The fourth-order valence-electron chi connectivity index (χ4n) is 4.32. The summed E-state index contributed by atoms with van der Waals surface area (Å²) in [5.41, 5.74) is 1.29. The zero-order chi connectivity index (χ0) is 22.6. The number of carbonyl (C=O) groups is 1. The number of hydrogen-bond acceptors (Lipinski definition) is 7. The average Bonchev–Trinajstić information content (AvgIpc) is 2.98. The lowest BCUT2D eigenvalue weighted by atomic mass is 10.1. The Kier molecular flexibility index (Phi) is 4.86. The number of anilines is 2. The van der Waals surface area contributed by atoms with E-state index in [1.54, 1.807) is 9.80 Å². The van der Waals surface area contributed by atoms with Crippen molar-refractivity contribution >= 4 is 17.6 Å². The van der Waals surface area contributed by atoms with Gasteiger partial charge in [-0.05, 0) is 32.4 Å². The summed E-state index contributed by atoms with van der Waals surface area (Å²) in [5, 5.41) is 0. The van der Waals surface area contributed by atoms with Crippen molar-refractivity contribution in [2.75, 3.05) is 36.0 Å². The number of hydrogen-bond donors (Lipinski definition) is 0. The largest absolute Gasteiger partial charge is 0.442 e. The predicted octanol–water partition coefficient (Wildman–Crippen LogP) is 3.31. The van der Waals surface area contributed by atoms with Crippen molar-refractivity contribution in [3.63, 3.8) is 0 Å². The van der Waals surface area contributed by atoms with Crippen molar-refractivity contribution < 1.29 is 22.7 Å². The second kappa shape index (κ2) is 7.49. The molecular formula is C21H23F3N6O2. The predicted molar refractivity (Wildman–Crippen MR) is 109 cm³/mol. The van der Waals surface area contributed by atoms with Crippen LogP contribution >= 0.6 is 0 Å². The third kappa shape index (κ3) is 3.59. The van der Waals surface area contributed by atoms with Gasteiger partial charge < -0.3 is 14.5 Å². The minimum absolute atomic E-state index is 0.209. The number of rotatable bonds is 3. The zero-order valence-corrected chi connectivity index (χ0v) is 17.8. The van der Waals surface area contributed by atoms with E-state index >= 15 is 0 Å². The van der Waals surface area contributed by atoms with Crippen molar-refractivity contribution in [1.29, 1.82) is 0 Å². The monoisotopic (exact) mass is 448 g/mol. The van der Waals surface area contributed by atoms with Crippen molar-refractivity contribution in [2.24, 2.45) is 0 Å². The van der Waals surface area contributed by atoms with Gasteiger partial charge in [-0.3, -0.25) is 9.88 Å². The van der Waals surface area contributed by atoms with Crippen LogP contribution in [0.15, 0.2) is 18.3 Å². The van der Waals surface area contributed by atoms with Gasteiger partial charge in [-0.15, -0.1) is 0 Å². The van der Waals surface area contributed by atoms with Crippen LogP contribution in [0, 0.1) is 6.92 Å². The molecule has 0 saturated carbocycles. The van der Waals surface area contributed by atoms with Crippen LogP contribution in [0.2, 0.25) is 0 Å². The van der Waals surface area contributed by atoms with Crippen molar-refractivity contribution in [2.45, 2.75) is 45.1 Å². The molecule has 170 valence electrons. The van der Waals surface area contributed by atoms with Crippen molar-refractivity contribution in [3.05, 3.63) is 41.1 Å². The molecule has 11 heteroatoms. The average molecular weight is 448 g/mol. The summed E-state index contributed by atoms with van der Waals surface area (Å²) in [6.07, 6.45) is -3.07. The summed E-state index contributed by atoms with van der Waals surface area (Å²) in [6, 6.07) is 2.32. The van der Waals surface area contributed by atoms with Gasteiger partial charge >= 0.3 is 12.3 Å². The van der Waals surface area contributed by atoms with Crippen LogP contribution in [-0.4, -0.2) is 58.2 Å². The number of ether oxygens (including phenoxy) is 1. The molecule has 0 spiro atoms. The Balaban J connectivity index is 1.22. The molecule has 0 N–H and O–H groups in total. The van der Waals surface area contributed by atoms with Gasteiger partial charge in [0.05, 0.1) is 31.4 Å². The van der Waals surface area contributed by atoms with E-state index < -0.39 is 18.0 Å². The molecule has 2 fully saturated rings. The number of aryl methyl sites for hydroxylation is 1. The molecule has 1 amide bonds. The maximum Gasteiger partial charge on any atom is 0.433 e. The van der Waals surface area contributed by atoms with E-state index in [0.717, 1.165) is 48.8 Å². The number of alkyl halides is 3. The number of fused-ring (bicyclic) bond motifs is 1. The normalized spacial score (nSPS) is 20.7. The van der Waals surface area contributed by atoms with Crippen molar-refractivity contribution in [3.8, 4) is 0 Å². The van der Waals surface area contributed by atoms with Crippen LogP contribution in [0.1, 0.15) is 42.2 Å². The van der Waals surface area contributed by atoms with Crippen LogP contribution in [0.4, 0.5) is 29.5 Å². The number of nitrogens with zero attached hydrogens (tertiary/aromatic N) is 6. The second-order valence-corrected chi connectivity index (χ2v) is 8.41. The Bertz CT molecular complexity index is 1050. The highest BCUT2D eigenvalue weighted by Crippen LogP contribution is 2.40. The summed E-state index contributed by atoms with van der Waals surface area (Å²) in [5.74, 6) is 1.58. The Hall–Kier alpha value is -3.11. The highest BCUT2D eigenvalue weighted by Gasteiger charge is 2.40. The first-order valence-corrected chi connectivity index (χ1v) is 10.6. The molecule has 5 rings (SSSR count). The van der Waals surface area contributed by atoms with Crippen LogP contribution < -0.4 is 9.80 Å². The van der Waals surface area contributed by atoms with Gasteiger partial charge in [-0.2, -0.15) is 13.2 Å². The molecule has 32 heavy (non-hydrogen) atoms. The first kappa shape index (κ1) is 20.8. The third-order valence-electron chi connectivity index (χ3n) is 6.23. The Morgan fingerprint density at radius 2 is 1.94 bits per heavy atom. The van der Waals surface area contributed by atoms with Gasteiger partial charge in [-0.25, -0.2) is 14.8 Å². The highest BCUT2D eigenvalue weighted by molar-refractivity contribution is 5.71. The fourth-order valence-corrected chi connectivity index (χ4v) is 4.32. The molecule has 2 aromatic heterocycles. The summed E-state index contributed by atoms with van der Waals surface area (Å²) < 4.78 is 44.3. The zero-order valence-electron chi connectivity index (χ0n) is 17.8. The summed E-state index contributed by atoms with van der Waals surface area (Å²) >= 11 is 0. The quantitative estimate of drug-likeness (QED) is 0.713. The molecule has 1 atom stereocenters. The summed E-state index contributed by atoms with van der Waals surface area (Å²) in [4.78, 5) is 31.0. The lowest BCUT2D eigenvalue weighted by Gasteiger charge is -2.41. The number of carbonyl (C=O) groups excluding carboxylic acids is 1. The van der Waals surface area contributed by atoms with E-state index in [2.05, 4.69) is 19.9 Å². The minimum atomic E-state index is -4.50. The van der Waals surface area contributed by atoms with Crippen LogP contribution in [-0.2, 0) is 17.5 Å². The number of amides is 1. The molecule has 2 aromatic rings. The third-order valence-corrected chi connectivity index (χ3v) is 6.23. The number of halogens is 3. The summed E-state index contributed by atoms with van der Waals surface area (Å²) in [7, 11) is 0. The Morgan fingerprint density at radius 3 is 2.59 bits per heavy atom. The van der Waals surface area contributed by atoms with E-state index in [-0.39, 0.29) is 12.1 Å². The van der Waals surface area contributed by atoms with Crippen LogP contribution in [0.25, 0.3) is 0 Å². The van der Waals surface area contributed by atoms with Gasteiger partial charge in [0.25, 0.3) is 0 Å². The number of pyridine rings is 1. The van der Waals surface area contributed by atoms with Gasteiger partial charge in [0, 0.05) is 30.5 Å². The first-order valence-electron chi connectivity index (χ1n) is 10.6. The van der Waals surface area contributed by atoms with E-state index in [1.165, 1.54) is 6.07 Å². The molecule has 3 aliphatic rings. The lowest BCUT2D eigenvalue weighted by Crippen LogP contribution is -2.54. The van der Waals surface area contributed by atoms with E-state index in [9.17, 15) is 18.0 Å². The highest BCUT2D eigenvalue weighted by atomic mass is 19.4. The Labute approximate surface area is 183 Å². The van der Waals surface area contributed by atoms with E-state index in [4.69, 9.17) is 4.74 Å². The molecular weight excluding hydrogens is 425 g/mol. The van der Waals surface area contributed by atoms with Gasteiger partial charge in [-0.1, -0.05) is 0 Å². The van der Waals surface area contributed by atoms with Gasteiger partial charge in [0.1, 0.15) is 23.4 Å². The second-order valence-electron chi connectivity index (χ2n) is 8.41. The van der Waals surface area contributed by atoms with Gasteiger partial charge in [0.15, 0.2) is 0 Å². The molecule has 0 aromatic carbocycles. The maximum atomic E-state index is 12.9. The smallest absolute Gasteiger partial charge is 0.433 e. The SMILES string of the molecule is Cc1nc2c(c(N3CCC3)n1)C(C)N(C(=O)OC1CN(c3ccnc(C(F)(F)F)c3)C1)C2. The van der Waals surface area contributed by atoms with Crippen LogP contribution in [0.5, 0.6) is 0 Å². The molecule has 0 aliphatic carbocycles. The van der Waals surface area contributed by atoms with Gasteiger partial charge in [0.2, 0.25) is 0 Å². The van der Waals surface area contributed by atoms with Crippen molar-refractivity contribution in [1.82, 2.24) is 19.9 Å². The molecule has 0 radical (unpaired) electrons. The number of aromatic nitrogens is 3. The van der Waals surface area contributed by atoms with E-state index in [0.29, 0.717) is 31.1 Å². The molecule has 3 aliphatic heterocycles. The van der Waals surface area contributed by atoms with E-state index in [1.807, 2.05) is 13.8 Å². The minimum Gasteiger partial charge on any atom is -0.442 e.